The molecule has 1 aliphatic rings. The number of amides is 1. The Morgan fingerprint density at radius 3 is 2.62 bits per heavy atom. The smallest absolute Gasteiger partial charge is 0.228 e. The van der Waals surface area contributed by atoms with Gasteiger partial charge in [0.05, 0.1) is 12.1 Å². The van der Waals surface area contributed by atoms with Gasteiger partial charge in [0.1, 0.15) is 0 Å². The van der Waals surface area contributed by atoms with Crippen molar-refractivity contribution in [2.24, 2.45) is 0 Å². The highest BCUT2D eigenvalue weighted by molar-refractivity contribution is 6.30. The second-order valence-corrected chi connectivity index (χ2v) is 8.50. The fourth-order valence-corrected chi connectivity index (χ4v) is 4.21. The van der Waals surface area contributed by atoms with E-state index in [-0.39, 0.29) is 5.91 Å². The largest absolute Gasteiger partial charge is 0.371 e. The fraction of sp³-hybridized carbons (Fsp3) is 0.320. The fourth-order valence-electron chi connectivity index (χ4n) is 4.00. The third kappa shape index (κ3) is 6.52. The highest BCUT2D eigenvalue weighted by Gasteiger charge is 2.19. The van der Waals surface area contributed by atoms with E-state index in [1.165, 1.54) is 5.69 Å². The lowest BCUT2D eigenvalue weighted by Crippen LogP contribution is -2.43. The Morgan fingerprint density at radius 1 is 1.09 bits per heavy atom. The molecule has 0 radical (unpaired) electrons. The molecule has 1 aromatic heterocycles. The van der Waals surface area contributed by atoms with E-state index in [1.54, 1.807) is 18.5 Å². The molecule has 4 rings (SSSR count). The van der Waals surface area contributed by atoms with Gasteiger partial charge in [0.15, 0.2) is 0 Å². The number of aromatic nitrogens is 2. The third-order valence-corrected chi connectivity index (χ3v) is 5.93. The molecule has 0 spiro atoms. The van der Waals surface area contributed by atoms with Crippen molar-refractivity contribution in [3.05, 3.63) is 83.4 Å². The standard InChI is InChI=1S/C25H28ClN5O/c26-20-3-1-2-19(16-20)17-25(32)30-22-4-6-24(7-5-22)31-14-9-21(10-15-31)28-11-8-23-18-27-12-13-29-23/h1-7,12-13,16,18,21,28H,8-11,14-15,17H2,(H,30,32). The Balaban J connectivity index is 1.20. The van der Waals surface area contributed by atoms with E-state index in [0.717, 1.165) is 55.8 Å². The topological polar surface area (TPSA) is 70.2 Å². The van der Waals surface area contributed by atoms with E-state index in [0.29, 0.717) is 17.5 Å². The SMILES string of the molecule is O=C(Cc1cccc(Cl)c1)Nc1ccc(N2CCC(NCCc3cnccn3)CC2)cc1. The van der Waals surface area contributed by atoms with Crippen LogP contribution in [0.2, 0.25) is 5.02 Å². The summed E-state index contributed by atoms with van der Waals surface area (Å²) in [5, 5.41) is 7.25. The summed E-state index contributed by atoms with van der Waals surface area (Å²) >= 11 is 5.99. The predicted molar refractivity (Wildman–Crippen MR) is 129 cm³/mol. The second kappa shape index (κ2) is 11.1. The van der Waals surface area contributed by atoms with Gasteiger partial charge in [-0.3, -0.25) is 14.8 Å². The summed E-state index contributed by atoms with van der Waals surface area (Å²) in [5.74, 6) is -0.0478. The number of nitrogens with one attached hydrogen (secondary N) is 2. The van der Waals surface area contributed by atoms with Crippen LogP contribution < -0.4 is 15.5 Å². The first-order chi connectivity index (χ1) is 15.7. The van der Waals surface area contributed by atoms with Crippen LogP contribution in [0, 0.1) is 0 Å². The number of benzene rings is 2. The molecule has 0 unspecified atom stereocenters. The molecule has 1 saturated heterocycles. The van der Waals surface area contributed by atoms with Gasteiger partial charge in [0, 0.05) is 67.1 Å². The number of hydrogen-bond acceptors (Lipinski definition) is 5. The van der Waals surface area contributed by atoms with E-state index >= 15 is 0 Å². The first kappa shape index (κ1) is 22.2. The summed E-state index contributed by atoms with van der Waals surface area (Å²) in [4.78, 5) is 23.1. The molecule has 2 heterocycles. The molecule has 7 heteroatoms. The van der Waals surface area contributed by atoms with Crippen molar-refractivity contribution in [3.8, 4) is 0 Å². The van der Waals surface area contributed by atoms with Crippen LogP contribution >= 0.6 is 11.6 Å². The number of carbonyl (C=O) groups excluding carboxylic acids is 1. The molecular formula is C25H28ClN5O. The van der Waals surface area contributed by atoms with Gasteiger partial charge < -0.3 is 15.5 Å². The van der Waals surface area contributed by atoms with Gasteiger partial charge >= 0.3 is 0 Å². The zero-order valence-corrected chi connectivity index (χ0v) is 18.8. The van der Waals surface area contributed by atoms with Crippen LogP contribution in [0.1, 0.15) is 24.1 Å². The summed E-state index contributed by atoms with van der Waals surface area (Å²) in [7, 11) is 0. The average molecular weight is 450 g/mol. The first-order valence-electron chi connectivity index (χ1n) is 11.0. The lowest BCUT2D eigenvalue weighted by Gasteiger charge is -2.34. The Labute approximate surface area is 194 Å². The van der Waals surface area contributed by atoms with Crippen molar-refractivity contribution in [2.45, 2.75) is 31.7 Å². The average Bonchev–Trinajstić information content (AvgIpc) is 2.81. The van der Waals surface area contributed by atoms with Crippen molar-refractivity contribution >= 4 is 28.9 Å². The van der Waals surface area contributed by atoms with Gasteiger partial charge in [-0.1, -0.05) is 23.7 Å². The van der Waals surface area contributed by atoms with E-state index in [9.17, 15) is 4.79 Å². The van der Waals surface area contributed by atoms with E-state index in [1.807, 2.05) is 36.5 Å². The van der Waals surface area contributed by atoms with Crippen molar-refractivity contribution in [3.63, 3.8) is 0 Å². The van der Waals surface area contributed by atoms with Gasteiger partial charge in [-0.25, -0.2) is 0 Å². The Kier molecular flexibility index (Phi) is 7.69. The third-order valence-electron chi connectivity index (χ3n) is 5.70. The molecule has 1 amide bonds. The zero-order chi connectivity index (χ0) is 22.2. The van der Waals surface area contributed by atoms with E-state index in [4.69, 9.17) is 11.6 Å². The maximum Gasteiger partial charge on any atom is 0.228 e. The number of piperidine rings is 1. The molecule has 0 saturated carbocycles. The molecule has 32 heavy (non-hydrogen) atoms. The van der Waals surface area contributed by atoms with Crippen LogP contribution in [0.5, 0.6) is 0 Å². The van der Waals surface area contributed by atoms with Gasteiger partial charge in [-0.15, -0.1) is 0 Å². The van der Waals surface area contributed by atoms with Crippen LogP contribution in [-0.2, 0) is 17.6 Å². The normalized spacial score (nSPS) is 14.3. The van der Waals surface area contributed by atoms with Crippen molar-refractivity contribution < 1.29 is 4.79 Å². The van der Waals surface area contributed by atoms with Gasteiger partial charge in [-0.2, -0.15) is 0 Å². The number of anilines is 2. The maximum atomic E-state index is 12.3. The molecule has 166 valence electrons. The van der Waals surface area contributed by atoms with Gasteiger partial charge in [-0.05, 0) is 54.8 Å². The molecule has 2 N–H and O–H groups in total. The minimum absolute atomic E-state index is 0.0478. The van der Waals surface area contributed by atoms with Crippen molar-refractivity contribution in [1.29, 1.82) is 0 Å². The number of rotatable bonds is 8. The van der Waals surface area contributed by atoms with Crippen LogP contribution in [0.3, 0.4) is 0 Å². The Hall–Kier alpha value is -2.96. The maximum absolute atomic E-state index is 12.3. The van der Waals surface area contributed by atoms with Crippen molar-refractivity contribution in [1.82, 2.24) is 15.3 Å². The van der Waals surface area contributed by atoms with Gasteiger partial charge in [0.2, 0.25) is 5.91 Å². The van der Waals surface area contributed by atoms with Crippen molar-refractivity contribution in [2.75, 3.05) is 29.9 Å². The molecule has 6 nitrogen and oxygen atoms in total. The number of hydrogen-bond donors (Lipinski definition) is 2. The van der Waals surface area contributed by atoms with E-state index < -0.39 is 0 Å². The van der Waals surface area contributed by atoms with Crippen LogP contribution in [-0.4, -0.2) is 41.6 Å². The number of halogens is 1. The summed E-state index contributed by atoms with van der Waals surface area (Å²) in [5.41, 5.74) is 3.93. The molecule has 2 aromatic carbocycles. The van der Waals surface area contributed by atoms with Crippen LogP contribution in [0.25, 0.3) is 0 Å². The minimum atomic E-state index is -0.0478. The van der Waals surface area contributed by atoms with Gasteiger partial charge in [0.25, 0.3) is 0 Å². The lowest BCUT2D eigenvalue weighted by molar-refractivity contribution is -0.115. The molecule has 0 bridgehead atoms. The summed E-state index contributed by atoms with van der Waals surface area (Å²) in [6.45, 7) is 2.96. The second-order valence-electron chi connectivity index (χ2n) is 8.06. The Morgan fingerprint density at radius 2 is 1.91 bits per heavy atom. The molecule has 0 aliphatic carbocycles. The summed E-state index contributed by atoms with van der Waals surface area (Å²) < 4.78 is 0. The summed E-state index contributed by atoms with van der Waals surface area (Å²) in [6.07, 6.45) is 8.70. The highest BCUT2D eigenvalue weighted by atomic mass is 35.5. The molecule has 1 aliphatic heterocycles. The minimum Gasteiger partial charge on any atom is -0.371 e. The van der Waals surface area contributed by atoms with Crippen LogP contribution in [0.15, 0.2) is 67.1 Å². The number of carbonyl (C=O) groups is 1. The summed E-state index contributed by atoms with van der Waals surface area (Å²) in [6, 6.07) is 16.0. The predicted octanol–water partition coefficient (Wildman–Crippen LogP) is 4.11. The first-order valence-corrected chi connectivity index (χ1v) is 11.4. The molecular weight excluding hydrogens is 422 g/mol. The molecule has 0 atom stereocenters. The zero-order valence-electron chi connectivity index (χ0n) is 18.0. The number of nitrogens with zero attached hydrogens (tertiary/aromatic N) is 3. The lowest BCUT2D eigenvalue weighted by atomic mass is 10.0. The quantitative estimate of drug-likeness (QED) is 0.541. The molecule has 3 aromatic rings. The monoisotopic (exact) mass is 449 g/mol. The van der Waals surface area contributed by atoms with E-state index in [2.05, 4.69) is 37.6 Å². The Bertz CT molecular complexity index is 1000. The van der Waals surface area contributed by atoms with Crippen LogP contribution in [0.4, 0.5) is 11.4 Å². The molecule has 1 fully saturated rings. The highest BCUT2D eigenvalue weighted by Crippen LogP contribution is 2.22.